The lowest BCUT2D eigenvalue weighted by Gasteiger charge is -2.11. The highest BCUT2D eigenvalue weighted by molar-refractivity contribution is 5.27. The minimum Gasteiger partial charge on any atom is -0.491 e. The van der Waals surface area contributed by atoms with Gasteiger partial charge in [-0.15, -0.1) is 0 Å². The molecule has 1 atom stereocenters. The van der Waals surface area contributed by atoms with E-state index in [9.17, 15) is 9.50 Å². The molecule has 84 valence electrons. The third-order valence-corrected chi connectivity index (χ3v) is 2.21. The summed E-state index contributed by atoms with van der Waals surface area (Å²) < 4.78 is 18.4. The van der Waals surface area contributed by atoms with Crippen LogP contribution in [0.3, 0.4) is 0 Å². The largest absolute Gasteiger partial charge is 0.491 e. The first-order valence-corrected chi connectivity index (χ1v) is 5.20. The fourth-order valence-corrected chi connectivity index (χ4v) is 1.27. The molecule has 0 saturated carbocycles. The van der Waals surface area contributed by atoms with E-state index in [0.717, 1.165) is 6.42 Å². The van der Waals surface area contributed by atoms with Crippen LogP contribution in [0.4, 0.5) is 4.39 Å². The zero-order chi connectivity index (χ0) is 11.3. The Morgan fingerprint density at radius 2 is 2.20 bits per heavy atom. The van der Waals surface area contributed by atoms with Gasteiger partial charge in [0, 0.05) is 6.07 Å². The maximum Gasteiger partial charge on any atom is 0.129 e. The summed E-state index contributed by atoms with van der Waals surface area (Å²) in [4.78, 5) is 0. The monoisotopic (exact) mass is 212 g/mol. The van der Waals surface area contributed by atoms with Crippen LogP contribution in [-0.2, 0) is 0 Å². The topological polar surface area (TPSA) is 29.5 Å². The molecule has 0 bridgehead atoms. The second-order valence-corrected chi connectivity index (χ2v) is 3.66. The molecule has 1 rings (SSSR count). The lowest BCUT2D eigenvalue weighted by molar-refractivity contribution is 0.0991. The van der Waals surface area contributed by atoms with Gasteiger partial charge in [-0.1, -0.05) is 19.4 Å². The molecular formula is C12H17FO2. The maximum atomic E-state index is 13.1. The molecule has 3 heteroatoms. The van der Waals surface area contributed by atoms with Crippen LogP contribution in [0.1, 0.15) is 25.3 Å². The van der Waals surface area contributed by atoms with Crippen molar-refractivity contribution in [1.82, 2.24) is 0 Å². The highest BCUT2D eigenvalue weighted by Gasteiger charge is 2.05. The van der Waals surface area contributed by atoms with E-state index in [2.05, 4.69) is 0 Å². The molecule has 2 nitrogen and oxygen atoms in total. The molecular weight excluding hydrogens is 195 g/mol. The minimum atomic E-state index is -0.473. The molecule has 1 N–H and O–H groups in total. The van der Waals surface area contributed by atoms with Crippen LogP contribution in [0.15, 0.2) is 18.2 Å². The summed E-state index contributed by atoms with van der Waals surface area (Å²) in [5.41, 5.74) is 0.594. The smallest absolute Gasteiger partial charge is 0.129 e. The van der Waals surface area contributed by atoms with Crippen LogP contribution in [0.5, 0.6) is 5.75 Å². The third kappa shape index (κ3) is 3.88. The van der Waals surface area contributed by atoms with Gasteiger partial charge < -0.3 is 9.84 Å². The molecule has 15 heavy (non-hydrogen) atoms. The Labute approximate surface area is 89.7 Å². The molecule has 1 aromatic rings. The van der Waals surface area contributed by atoms with Crippen molar-refractivity contribution in [2.24, 2.45) is 0 Å². The maximum absolute atomic E-state index is 13.1. The van der Waals surface area contributed by atoms with Gasteiger partial charge in [0.1, 0.15) is 18.2 Å². The van der Waals surface area contributed by atoms with Gasteiger partial charge in [-0.2, -0.15) is 0 Å². The molecule has 0 amide bonds. The number of rotatable bonds is 5. The first-order chi connectivity index (χ1) is 7.13. The zero-order valence-corrected chi connectivity index (χ0v) is 9.16. The number of ether oxygens (including phenoxy) is 1. The number of aryl methyl sites for hydroxylation is 1. The number of benzene rings is 1. The lowest BCUT2D eigenvalue weighted by atomic mass is 10.2. The standard InChI is InChI=1S/C12H17FO2/c1-3-4-10(14)8-15-11-6-5-9(2)12(13)7-11/h5-7,10,14H,3-4,8H2,1-2H3. The van der Waals surface area contributed by atoms with Crippen LogP contribution < -0.4 is 4.74 Å². The zero-order valence-electron chi connectivity index (χ0n) is 9.16. The van der Waals surface area contributed by atoms with Gasteiger partial charge in [-0.3, -0.25) is 0 Å². The third-order valence-electron chi connectivity index (χ3n) is 2.21. The van der Waals surface area contributed by atoms with Crippen molar-refractivity contribution < 1.29 is 14.2 Å². The van der Waals surface area contributed by atoms with Crippen LogP contribution in [0, 0.1) is 12.7 Å². The normalized spacial score (nSPS) is 12.5. The van der Waals surface area contributed by atoms with E-state index in [0.29, 0.717) is 17.7 Å². The van der Waals surface area contributed by atoms with Crippen molar-refractivity contribution in [2.45, 2.75) is 32.8 Å². The van der Waals surface area contributed by atoms with Crippen molar-refractivity contribution in [2.75, 3.05) is 6.61 Å². The molecule has 0 aliphatic carbocycles. The summed E-state index contributed by atoms with van der Waals surface area (Å²) in [5, 5.41) is 9.42. The fraction of sp³-hybridized carbons (Fsp3) is 0.500. The molecule has 1 aromatic carbocycles. The molecule has 0 saturated heterocycles. The predicted molar refractivity (Wildman–Crippen MR) is 57.5 cm³/mol. The average Bonchev–Trinajstić information content (AvgIpc) is 2.20. The van der Waals surface area contributed by atoms with Crippen molar-refractivity contribution in [3.05, 3.63) is 29.6 Å². The van der Waals surface area contributed by atoms with Crippen LogP contribution in [0.2, 0.25) is 0 Å². The van der Waals surface area contributed by atoms with Crippen LogP contribution in [0.25, 0.3) is 0 Å². The fourth-order valence-electron chi connectivity index (χ4n) is 1.27. The molecule has 0 aliphatic heterocycles. The van der Waals surface area contributed by atoms with Crippen LogP contribution in [-0.4, -0.2) is 17.8 Å². The number of halogens is 1. The van der Waals surface area contributed by atoms with Crippen molar-refractivity contribution in [1.29, 1.82) is 0 Å². The Morgan fingerprint density at radius 3 is 2.80 bits per heavy atom. The summed E-state index contributed by atoms with van der Waals surface area (Å²) in [6.45, 7) is 3.91. The predicted octanol–water partition coefficient (Wildman–Crippen LogP) is 2.67. The van der Waals surface area contributed by atoms with Crippen molar-refractivity contribution >= 4 is 0 Å². The summed E-state index contributed by atoms with van der Waals surface area (Å²) in [6, 6.07) is 4.71. The van der Waals surface area contributed by atoms with Gasteiger partial charge in [0.2, 0.25) is 0 Å². The van der Waals surface area contributed by atoms with Crippen LogP contribution >= 0.6 is 0 Å². The Hall–Kier alpha value is -1.09. The van der Waals surface area contributed by atoms with E-state index in [1.807, 2.05) is 6.92 Å². The van der Waals surface area contributed by atoms with Gasteiger partial charge in [0.25, 0.3) is 0 Å². The molecule has 0 aliphatic rings. The van der Waals surface area contributed by atoms with Gasteiger partial charge in [0.15, 0.2) is 0 Å². The van der Waals surface area contributed by atoms with E-state index in [1.54, 1.807) is 19.1 Å². The van der Waals surface area contributed by atoms with Gasteiger partial charge in [-0.25, -0.2) is 4.39 Å². The van der Waals surface area contributed by atoms with Crippen molar-refractivity contribution in [3.63, 3.8) is 0 Å². The summed E-state index contributed by atoms with van der Waals surface area (Å²) in [7, 11) is 0. The molecule has 0 spiro atoms. The summed E-state index contributed by atoms with van der Waals surface area (Å²) in [6.07, 6.45) is 1.14. The van der Waals surface area contributed by atoms with Gasteiger partial charge in [0.05, 0.1) is 6.10 Å². The minimum absolute atomic E-state index is 0.219. The van der Waals surface area contributed by atoms with E-state index < -0.39 is 6.10 Å². The molecule has 0 radical (unpaired) electrons. The second-order valence-electron chi connectivity index (χ2n) is 3.66. The Morgan fingerprint density at radius 1 is 1.47 bits per heavy atom. The highest BCUT2D eigenvalue weighted by Crippen LogP contribution is 2.16. The number of hydrogen-bond acceptors (Lipinski definition) is 2. The Balaban J connectivity index is 2.47. The SMILES string of the molecule is CCCC(O)COc1ccc(C)c(F)c1. The number of hydrogen-bond donors (Lipinski definition) is 1. The average molecular weight is 212 g/mol. The lowest BCUT2D eigenvalue weighted by Crippen LogP contribution is -2.16. The van der Waals surface area contributed by atoms with E-state index in [4.69, 9.17) is 4.74 Å². The molecule has 0 fully saturated rings. The number of aliphatic hydroxyl groups is 1. The van der Waals surface area contributed by atoms with Gasteiger partial charge >= 0.3 is 0 Å². The Kier molecular flexibility index (Phi) is 4.56. The second kappa shape index (κ2) is 5.71. The quantitative estimate of drug-likeness (QED) is 0.813. The molecule has 0 heterocycles. The first-order valence-electron chi connectivity index (χ1n) is 5.20. The molecule has 0 aromatic heterocycles. The van der Waals surface area contributed by atoms with E-state index in [-0.39, 0.29) is 12.4 Å². The first kappa shape index (κ1) is 12.0. The summed E-state index contributed by atoms with van der Waals surface area (Å²) in [5.74, 6) is 0.186. The van der Waals surface area contributed by atoms with E-state index >= 15 is 0 Å². The Bertz CT molecular complexity index is 312. The van der Waals surface area contributed by atoms with E-state index in [1.165, 1.54) is 6.07 Å². The summed E-state index contributed by atoms with van der Waals surface area (Å²) >= 11 is 0. The number of aliphatic hydroxyl groups excluding tert-OH is 1. The van der Waals surface area contributed by atoms with Crippen molar-refractivity contribution in [3.8, 4) is 5.75 Å². The molecule has 1 unspecified atom stereocenters. The highest BCUT2D eigenvalue weighted by atomic mass is 19.1. The van der Waals surface area contributed by atoms with Gasteiger partial charge in [-0.05, 0) is 25.0 Å².